The third-order valence-electron chi connectivity index (χ3n) is 2.78. The molecular formula is C13H23NO3. The Kier molecular flexibility index (Phi) is 4.17. The molecule has 0 N–H and O–H groups in total. The molecule has 0 spiro atoms. The van der Waals surface area contributed by atoms with Crippen LogP contribution in [0.25, 0.3) is 0 Å². The number of hydrogen-bond donors (Lipinski definition) is 0. The van der Waals surface area contributed by atoms with Crippen LogP contribution in [0.3, 0.4) is 0 Å². The molecule has 0 aromatic rings. The van der Waals surface area contributed by atoms with E-state index in [1.165, 1.54) is 0 Å². The molecule has 17 heavy (non-hydrogen) atoms. The van der Waals surface area contributed by atoms with Crippen molar-refractivity contribution in [3.05, 3.63) is 0 Å². The van der Waals surface area contributed by atoms with Crippen molar-refractivity contribution in [1.82, 2.24) is 4.90 Å². The van der Waals surface area contributed by atoms with Gasteiger partial charge in [0.25, 0.3) is 0 Å². The SMILES string of the molecule is CC(C)C(=O)C1CCCN1C(=O)OC(C)(C)C. The lowest BCUT2D eigenvalue weighted by atomic mass is 10.0. The van der Waals surface area contributed by atoms with Crippen molar-refractivity contribution in [3.63, 3.8) is 0 Å². The highest BCUT2D eigenvalue weighted by Crippen LogP contribution is 2.23. The normalized spacial score (nSPS) is 20.8. The second-order valence-electron chi connectivity index (χ2n) is 5.89. The molecule has 0 aromatic heterocycles. The molecule has 1 atom stereocenters. The quantitative estimate of drug-likeness (QED) is 0.746. The minimum Gasteiger partial charge on any atom is -0.444 e. The molecule has 0 saturated carbocycles. The van der Waals surface area contributed by atoms with Gasteiger partial charge in [-0.05, 0) is 33.6 Å². The van der Waals surface area contributed by atoms with Gasteiger partial charge in [-0.25, -0.2) is 4.79 Å². The molecular weight excluding hydrogens is 218 g/mol. The molecule has 0 radical (unpaired) electrons. The Bertz CT molecular complexity index is 304. The zero-order chi connectivity index (χ0) is 13.2. The van der Waals surface area contributed by atoms with Crippen LogP contribution in [0, 0.1) is 5.92 Å². The highest BCUT2D eigenvalue weighted by atomic mass is 16.6. The Labute approximate surface area is 103 Å². The third-order valence-corrected chi connectivity index (χ3v) is 2.78. The van der Waals surface area contributed by atoms with Crippen molar-refractivity contribution in [2.24, 2.45) is 5.92 Å². The fourth-order valence-electron chi connectivity index (χ4n) is 1.99. The van der Waals surface area contributed by atoms with Crippen molar-refractivity contribution in [3.8, 4) is 0 Å². The van der Waals surface area contributed by atoms with Crippen molar-refractivity contribution in [1.29, 1.82) is 0 Å². The third kappa shape index (κ3) is 3.72. The molecule has 0 aliphatic carbocycles. The number of amides is 1. The average Bonchev–Trinajstić information content (AvgIpc) is 2.61. The molecule has 4 heteroatoms. The Morgan fingerprint density at radius 1 is 1.29 bits per heavy atom. The van der Waals surface area contributed by atoms with E-state index in [2.05, 4.69) is 0 Å². The lowest BCUT2D eigenvalue weighted by Gasteiger charge is -2.28. The van der Waals surface area contributed by atoms with Crippen LogP contribution in [-0.2, 0) is 9.53 Å². The van der Waals surface area contributed by atoms with Gasteiger partial charge in [0, 0.05) is 12.5 Å². The van der Waals surface area contributed by atoms with E-state index in [1.807, 2.05) is 34.6 Å². The largest absolute Gasteiger partial charge is 0.444 e. The van der Waals surface area contributed by atoms with Gasteiger partial charge in [0.15, 0.2) is 5.78 Å². The summed E-state index contributed by atoms with van der Waals surface area (Å²) in [6.07, 6.45) is 1.27. The molecule has 1 fully saturated rings. The molecule has 1 unspecified atom stereocenters. The minimum atomic E-state index is -0.509. The summed E-state index contributed by atoms with van der Waals surface area (Å²) in [5, 5.41) is 0. The zero-order valence-electron chi connectivity index (χ0n) is 11.4. The van der Waals surface area contributed by atoms with Crippen molar-refractivity contribution < 1.29 is 14.3 Å². The molecule has 1 saturated heterocycles. The van der Waals surface area contributed by atoms with Gasteiger partial charge in [0.1, 0.15) is 5.60 Å². The van der Waals surface area contributed by atoms with Crippen LogP contribution in [0.2, 0.25) is 0 Å². The monoisotopic (exact) mass is 241 g/mol. The van der Waals surface area contributed by atoms with E-state index < -0.39 is 5.60 Å². The van der Waals surface area contributed by atoms with Gasteiger partial charge in [0.2, 0.25) is 0 Å². The van der Waals surface area contributed by atoms with Crippen LogP contribution in [0.5, 0.6) is 0 Å². The van der Waals surface area contributed by atoms with E-state index in [4.69, 9.17) is 4.74 Å². The van der Waals surface area contributed by atoms with E-state index in [0.29, 0.717) is 6.54 Å². The summed E-state index contributed by atoms with van der Waals surface area (Å²) in [7, 11) is 0. The van der Waals surface area contributed by atoms with E-state index in [1.54, 1.807) is 4.90 Å². The molecule has 1 aliphatic heterocycles. The zero-order valence-corrected chi connectivity index (χ0v) is 11.4. The maximum Gasteiger partial charge on any atom is 0.410 e. The predicted octanol–water partition coefficient (Wildman–Crippen LogP) is 2.61. The summed E-state index contributed by atoms with van der Waals surface area (Å²) in [6.45, 7) is 9.86. The van der Waals surface area contributed by atoms with E-state index >= 15 is 0 Å². The number of hydrogen-bond acceptors (Lipinski definition) is 3. The Hall–Kier alpha value is -1.06. The first kappa shape index (κ1) is 14.0. The molecule has 0 bridgehead atoms. The van der Waals surface area contributed by atoms with Crippen molar-refractivity contribution in [2.45, 2.75) is 59.1 Å². The fraction of sp³-hybridized carbons (Fsp3) is 0.846. The highest BCUT2D eigenvalue weighted by Gasteiger charge is 2.37. The van der Waals surface area contributed by atoms with Crippen LogP contribution in [0.1, 0.15) is 47.5 Å². The molecule has 98 valence electrons. The standard InChI is InChI=1S/C13H23NO3/c1-9(2)11(15)10-7-6-8-14(10)12(16)17-13(3,4)5/h9-10H,6-8H2,1-5H3. The van der Waals surface area contributed by atoms with E-state index in [0.717, 1.165) is 12.8 Å². The second-order valence-corrected chi connectivity index (χ2v) is 5.89. The van der Waals surface area contributed by atoms with Crippen LogP contribution in [0.15, 0.2) is 0 Å². The van der Waals surface area contributed by atoms with Crippen molar-refractivity contribution >= 4 is 11.9 Å². The number of nitrogens with zero attached hydrogens (tertiary/aromatic N) is 1. The fourth-order valence-corrected chi connectivity index (χ4v) is 1.99. The predicted molar refractivity (Wildman–Crippen MR) is 65.8 cm³/mol. The number of Topliss-reactive ketones (excluding diaryl/α,β-unsaturated/α-hetero) is 1. The van der Waals surface area contributed by atoms with Crippen LogP contribution in [0.4, 0.5) is 4.79 Å². The average molecular weight is 241 g/mol. The van der Waals surface area contributed by atoms with Gasteiger partial charge >= 0.3 is 6.09 Å². The Balaban J connectivity index is 2.70. The number of ether oxygens (including phenoxy) is 1. The van der Waals surface area contributed by atoms with Gasteiger partial charge in [-0.15, -0.1) is 0 Å². The first-order valence-corrected chi connectivity index (χ1v) is 6.25. The van der Waals surface area contributed by atoms with Gasteiger partial charge in [-0.2, -0.15) is 0 Å². The summed E-state index contributed by atoms with van der Waals surface area (Å²) in [5.41, 5.74) is -0.509. The van der Waals surface area contributed by atoms with E-state index in [-0.39, 0.29) is 23.8 Å². The van der Waals surface area contributed by atoms with Gasteiger partial charge in [-0.3, -0.25) is 9.69 Å². The van der Waals surface area contributed by atoms with Crippen molar-refractivity contribution in [2.75, 3.05) is 6.54 Å². The number of ketones is 1. The minimum absolute atomic E-state index is 0.0389. The summed E-state index contributed by atoms with van der Waals surface area (Å²) in [5.74, 6) is 0.0939. The highest BCUT2D eigenvalue weighted by molar-refractivity contribution is 5.89. The van der Waals surface area contributed by atoms with E-state index in [9.17, 15) is 9.59 Å². The maximum atomic E-state index is 12.0. The second kappa shape index (κ2) is 5.07. The lowest BCUT2D eigenvalue weighted by Crippen LogP contribution is -2.44. The molecule has 1 amide bonds. The maximum absolute atomic E-state index is 12.0. The van der Waals surface area contributed by atoms with Gasteiger partial charge in [-0.1, -0.05) is 13.8 Å². The number of carbonyl (C=O) groups is 2. The van der Waals surface area contributed by atoms with Gasteiger partial charge in [0.05, 0.1) is 6.04 Å². The van der Waals surface area contributed by atoms with Crippen LogP contribution >= 0.6 is 0 Å². The smallest absolute Gasteiger partial charge is 0.410 e. The number of carbonyl (C=O) groups excluding carboxylic acids is 2. The summed E-state index contributed by atoms with van der Waals surface area (Å²) in [4.78, 5) is 25.5. The first-order chi connectivity index (χ1) is 7.72. The molecule has 4 nitrogen and oxygen atoms in total. The topological polar surface area (TPSA) is 46.6 Å². The molecule has 1 aliphatic rings. The van der Waals surface area contributed by atoms with Gasteiger partial charge < -0.3 is 4.74 Å². The number of likely N-dealkylation sites (tertiary alicyclic amines) is 1. The van der Waals surface area contributed by atoms with Crippen LogP contribution in [-0.4, -0.2) is 35.0 Å². The first-order valence-electron chi connectivity index (χ1n) is 6.25. The Morgan fingerprint density at radius 2 is 1.88 bits per heavy atom. The summed E-state index contributed by atoms with van der Waals surface area (Å²) in [6, 6.07) is -0.287. The number of rotatable bonds is 2. The lowest BCUT2D eigenvalue weighted by molar-refractivity contribution is -0.126. The molecule has 1 heterocycles. The Morgan fingerprint density at radius 3 is 2.35 bits per heavy atom. The molecule has 0 aromatic carbocycles. The summed E-state index contributed by atoms with van der Waals surface area (Å²) >= 11 is 0. The van der Waals surface area contributed by atoms with Crippen LogP contribution < -0.4 is 0 Å². The molecule has 1 rings (SSSR count). The summed E-state index contributed by atoms with van der Waals surface area (Å²) < 4.78 is 5.32.